The van der Waals surface area contributed by atoms with Gasteiger partial charge >= 0.3 is 23.1 Å². The van der Waals surface area contributed by atoms with Crippen LogP contribution in [0.2, 0.25) is 0 Å². The van der Waals surface area contributed by atoms with Gasteiger partial charge in [-0.15, -0.1) is 11.5 Å². The Morgan fingerprint density at radius 3 is 1.30 bits per heavy atom. The first kappa shape index (κ1) is 15.7. The van der Waals surface area contributed by atoms with E-state index in [1.165, 1.54) is 0 Å². The topological polar surface area (TPSA) is 46.1 Å². The summed E-state index contributed by atoms with van der Waals surface area (Å²) in [5.74, 6) is -0.237. The predicted octanol–water partition coefficient (Wildman–Crippen LogP) is 3.43. The normalized spacial score (nSPS) is 10.6. The van der Waals surface area contributed by atoms with Gasteiger partial charge in [0.1, 0.15) is 0 Å². The van der Waals surface area contributed by atoms with Gasteiger partial charge in [0.25, 0.3) is 0 Å². The van der Waals surface area contributed by atoms with Crippen molar-refractivity contribution >= 4 is 44.6 Å². The minimum atomic E-state index is -0.118. The second-order valence-corrected chi connectivity index (χ2v) is 5.32. The van der Waals surface area contributed by atoms with E-state index in [4.69, 9.17) is 0 Å². The van der Waals surface area contributed by atoms with E-state index in [0.717, 1.165) is 21.5 Å². The van der Waals surface area contributed by atoms with E-state index in [0.29, 0.717) is 11.1 Å². The summed E-state index contributed by atoms with van der Waals surface area (Å²) in [6.07, 6.45) is 0. The van der Waals surface area contributed by atoms with Crippen LogP contribution in [0.3, 0.4) is 0 Å². The molecule has 4 aromatic rings. The molecule has 0 saturated carbocycles. The average Bonchev–Trinajstić information content (AvgIpc) is 2.56. The van der Waals surface area contributed by atoms with Crippen LogP contribution < -0.4 is 10.2 Å². The molecule has 0 aliphatic rings. The molecular weight excluding hydrogens is 297 g/mol. The summed E-state index contributed by atoms with van der Waals surface area (Å²) in [4.78, 5) is 0. The third kappa shape index (κ3) is 2.52. The summed E-state index contributed by atoms with van der Waals surface area (Å²) in [7, 11) is 0. The van der Waals surface area contributed by atoms with E-state index in [1.54, 1.807) is 24.3 Å². The molecule has 0 aliphatic heterocycles. The maximum atomic E-state index is 12.5. The molecule has 0 radical (unpaired) electrons. The van der Waals surface area contributed by atoms with Crippen molar-refractivity contribution in [2.45, 2.75) is 0 Å². The van der Waals surface area contributed by atoms with Gasteiger partial charge in [-0.25, -0.2) is 0 Å². The van der Waals surface area contributed by atoms with Crippen molar-refractivity contribution < 1.29 is 10.2 Å². The summed E-state index contributed by atoms with van der Waals surface area (Å²) in [5.41, 5.74) is 1.000. The summed E-state index contributed by atoms with van der Waals surface area (Å²) in [5, 5.41) is 28.6. The number of benzene rings is 4. The Morgan fingerprint density at radius 2 is 0.870 bits per heavy atom. The van der Waals surface area contributed by atoms with Crippen LogP contribution in [0.1, 0.15) is 0 Å². The average molecular weight is 309 g/mol. The Bertz CT molecular complexity index is 925. The molecule has 0 saturated heterocycles. The van der Waals surface area contributed by atoms with Gasteiger partial charge in [-0.05, 0) is 32.7 Å². The van der Waals surface area contributed by atoms with Crippen LogP contribution in [-0.4, -0.2) is 23.1 Å². The summed E-state index contributed by atoms with van der Waals surface area (Å²) in [6, 6.07) is 22.0. The van der Waals surface area contributed by atoms with Crippen molar-refractivity contribution in [2.75, 3.05) is 0 Å². The molecule has 3 heteroatoms. The van der Waals surface area contributed by atoms with Crippen LogP contribution in [0, 0.1) is 0 Å². The Hall–Kier alpha value is -2.23. The molecule has 0 unspecified atom stereocenters. The quantitative estimate of drug-likeness (QED) is 0.506. The van der Waals surface area contributed by atoms with Gasteiger partial charge in [0.2, 0.25) is 0 Å². The maximum absolute atomic E-state index is 12.5. The van der Waals surface area contributed by atoms with Gasteiger partial charge in [0, 0.05) is 0 Å². The molecule has 0 N–H and O–H groups in total. The second kappa shape index (κ2) is 6.11. The number of hydrogen-bond acceptors (Lipinski definition) is 2. The van der Waals surface area contributed by atoms with E-state index in [-0.39, 0.29) is 34.6 Å². The smallest absolute Gasteiger partial charge is 0.872 e. The summed E-state index contributed by atoms with van der Waals surface area (Å²) >= 11 is 0. The number of rotatable bonds is 1. The van der Waals surface area contributed by atoms with Gasteiger partial charge in [-0.3, -0.25) is 0 Å². The zero-order valence-electron chi connectivity index (χ0n) is 12.5. The third-order valence-electron chi connectivity index (χ3n) is 4.03. The molecule has 4 aromatic carbocycles. The molecule has 4 rings (SSSR count). The van der Waals surface area contributed by atoms with Crippen LogP contribution in [0.5, 0.6) is 11.5 Å². The first-order valence-corrected chi connectivity index (χ1v) is 7.13. The van der Waals surface area contributed by atoms with E-state index >= 15 is 0 Å². The van der Waals surface area contributed by atoms with Crippen molar-refractivity contribution in [1.82, 2.24) is 0 Å². The molecule has 2 nitrogen and oxygen atoms in total. The van der Waals surface area contributed by atoms with Gasteiger partial charge in [0.15, 0.2) is 0 Å². The Balaban J connectivity index is 0.00000156. The Labute approximate surface area is 150 Å². The Kier molecular flexibility index (Phi) is 4.16. The molecule has 0 heterocycles. The molecule has 0 aliphatic carbocycles. The van der Waals surface area contributed by atoms with Gasteiger partial charge < -0.3 is 10.2 Å². The van der Waals surface area contributed by atoms with Crippen molar-refractivity contribution in [3.63, 3.8) is 0 Å². The van der Waals surface area contributed by atoms with Crippen molar-refractivity contribution in [3.05, 3.63) is 72.8 Å². The molecule has 0 bridgehead atoms. The first-order valence-electron chi connectivity index (χ1n) is 7.13. The molecule has 0 fully saturated rings. The van der Waals surface area contributed by atoms with Gasteiger partial charge in [-0.2, -0.15) is 0 Å². The van der Waals surface area contributed by atoms with Crippen molar-refractivity contribution in [3.8, 4) is 22.6 Å². The summed E-state index contributed by atoms with van der Waals surface area (Å²) in [6.45, 7) is 0. The molecular formula is C20H12MgO2. The molecule has 0 aromatic heterocycles. The fourth-order valence-corrected chi connectivity index (χ4v) is 3.02. The fourth-order valence-electron chi connectivity index (χ4n) is 3.02. The maximum Gasteiger partial charge on any atom is 2.00 e. The van der Waals surface area contributed by atoms with Gasteiger partial charge in [0.05, 0.1) is 0 Å². The van der Waals surface area contributed by atoms with E-state index in [2.05, 4.69) is 0 Å². The standard InChI is InChI=1S/C20H14O2.Mg/c21-17-11-9-13-5-1-3-7-15(13)19(17)20-16-8-4-2-6-14(16)10-12-18(20)22;/h1-12,21-22H;/q;+2/p-2. The minimum Gasteiger partial charge on any atom is -0.872 e. The van der Waals surface area contributed by atoms with Crippen LogP contribution in [-0.2, 0) is 0 Å². The predicted molar refractivity (Wildman–Crippen MR) is 91.5 cm³/mol. The van der Waals surface area contributed by atoms with E-state index in [9.17, 15) is 10.2 Å². The largest absolute Gasteiger partial charge is 2.00 e. The Morgan fingerprint density at radius 1 is 0.478 bits per heavy atom. The van der Waals surface area contributed by atoms with Gasteiger partial charge in [-0.1, -0.05) is 72.8 Å². The van der Waals surface area contributed by atoms with Crippen molar-refractivity contribution in [1.29, 1.82) is 0 Å². The number of fused-ring (bicyclic) bond motifs is 2. The molecule has 0 amide bonds. The molecule has 106 valence electrons. The van der Waals surface area contributed by atoms with Crippen LogP contribution >= 0.6 is 0 Å². The third-order valence-corrected chi connectivity index (χ3v) is 4.03. The molecule has 0 spiro atoms. The zero-order chi connectivity index (χ0) is 15.1. The SMILES string of the molecule is [Mg+2].[O-]c1ccc2ccccc2c1-c1c([O-])ccc2ccccc12. The van der Waals surface area contributed by atoms with E-state index < -0.39 is 0 Å². The molecule has 0 atom stereocenters. The monoisotopic (exact) mass is 308 g/mol. The van der Waals surface area contributed by atoms with Crippen LogP contribution in [0.25, 0.3) is 32.7 Å². The van der Waals surface area contributed by atoms with Crippen molar-refractivity contribution in [2.24, 2.45) is 0 Å². The van der Waals surface area contributed by atoms with Crippen LogP contribution in [0.15, 0.2) is 72.8 Å². The zero-order valence-corrected chi connectivity index (χ0v) is 13.9. The van der Waals surface area contributed by atoms with Crippen LogP contribution in [0.4, 0.5) is 0 Å². The molecule has 23 heavy (non-hydrogen) atoms. The minimum absolute atomic E-state index is 0. The van der Waals surface area contributed by atoms with E-state index in [1.807, 2.05) is 48.5 Å². The summed E-state index contributed by atoms with van der Waals surface area (Å²) < 4.78 is 0. The number of hydrogen-bond donors (Lipinski definition) is 0. The second-order valence-electron chi connectivity index (χ2n) is 5.32. The first-order chi connectivity index (χ1) is 10.8. The fraction of sp³-hybridized carbons (Fsp3) is 0.